The minimum absolute atomic E-state index is 0.287. The van der Waals surface area contributed by atoms with Crippen molar-refractivity contribution in [1.82, 2.24) is 0 Å². The van der Waals surface area contributed by atoms with Crippen LogP contribution in [-0.4, -0.2) is 18.3 Å². The predicted octanol–water partition coefficient (Wildman–Crippen LogP) is 3.84. The Bertz CT molecular complexity index is 183. The van der Waals surface area contributed by atoms with Gasteiger partial charge >= 0.3 is 0 Å². The minimum Gasteiger partial charge on any atom is -0.494 e. The van der Waals surface area contributed by atoms with Gasteiger partial charge in [0.2, 0.25) is 0 Å². The highest BCUT2D eigenvalue weighted by Gasteiger charge is 1.91. The van der Waals surface area contributed by atoms with E-state index in [0.717, 1.165) is 25.7 Å². The third-order valence-electron chi connectivity index (χ3n) is 1.76. The van der Waals surface area contributed by atoms with E-state index in [1.165, 1.54) is 0 Å². The van der Waals surface area contributed by atoms with Gasteiger partial charge in [-0.25, -0.2) is 0 Å². The molecule has 0 rings (SSSR count). The van der Waals surface area contributed by atoms with Gasteiger partial charge in [-0.3, -0.25) is 0 Å². The summed E-state index contributed by atoms with van der Waals surface area (Å²) in [5, 5.41) is 8.54. The molecule has 0 fully saturated rings. The zero-order valence-corrected chi connectivity index (χ0v) is 10.7. The van der Waals surface area contributed by atoms with Crippen LogP contribution in [0, 0.1) is 0 Å². The van der Waals surface area contributed by atoms with E-state index in [4.69, 9.17) is 9.84 Å². The van der Waals surface area contributed by atoms with E-state index in [2.05, 4.69) is 13.2 Å². The van der Waals surface area contributed by atoms with E-state index in [-0.39, 0.29) is 6.61 Å². The fraction of sp³-hybridized carbons (Fsp3) is 0.571. The first-order valence-corrected chi connectivity index (χ1v) is 6.03. The predicted molar refractivity (Wildman–Crippen MR) is 71.3 cm³/mol. The van der Waals surface area contributed by atoms with Crippen LogP contribution in [0.2, 0.25) is 0 Å². The summed E-state index contributed by atoms with van der Waals surface area (Å²) in [6.45, 7) is 12.3. The van der Waals surface area contributed by atoms with Crippen molar-refractivity contribution in [3.63, 3.8) is 0 Å². The van der Waals surface area contributed by atoms with Gasteiger partial charge < -0.3 is 9.84 Å². The van der Waals surface area contributed by atoms with E-state index in [1.807, 2.05) is 13.8 Å². The zero-order valence-electron chi connectivity index (χ0n) is 10.7. The second-order valence-electron chi connectivity index (χ2n) is 3.05. The molecule has 0 atom stereocenters. The van der Waals surface area contributed by atoms with E-state index < -0.39 is 0 Å². The first-order valence-electron chi connectivity index (χ1n) is 6.03. The topological polar surface area (TPSA) is 29.5 Å². The lowest BCUT2D eigenvalue weighted by Crippen LogP contribution is -1.92. The Morgan fingerprint density at radius 3 is 2.38 bits per heavy atom. The molecular formula is C14H26O2. The van der Waals surface area contributed by atoms with Crippen LogP contribution in [0.1, 0.15) is 39.5 Å². The largest absolute Gasteiger partial charge is 0.494 e. The van der Waals surface area contributed by atoms with E-state index in [9.17, 15) is 0 Å². The Balaban J connectivity index is 0. The number of unbranched alkanes of at least 4 members (excludes halogenated alkanes) is 3. The molecule has 0 saturated heterocycles. The molecule has 0 aliphatic heterocycles. The Hall–Kier alpha value is -1.02. The Labute approximate surface area is 100 Å². The maximum Gasteiger partial charge on any atom is 0.112 e. The van der Waals surface area contributed by atoms with Gasteiger partial charge in [-0.2, -0.15) is 0 Å². The van der Waals surface area contributed by atoms with Crippen molar-refractivity contribution in [2.24, 2.45) is 0 Å². The summed E-state index contributed by atoms with van der Waals surface area (Å²) < 4.78 is 5.33. The van der Waals surface area contributed by atoms with Gasteiger partial charge in [0, 0.05) is 6.61 Å². The molecule has 2 heteroatoms. The maximum absolute atomic E-state index is 8.54. The summed E-state index contributed by atoms with van der Waals surface area (Å²) in [5.74, 6) is 0.673. The molecule has 0 bridgehead atoms. The van der Waals surface area contributed by atoms with E-state index >= 15 is 0 Å². The highest BCUT2D eigenvalue weighted by molar-refractivity contribution is 5.12. The van der Waals surface area contributed by atoms with Gasteiger partial charge in [-0.05, 0) is 25.3 Å². The molecule has 0 aliphatic rings. The van der Waals surface area contributed by atoms with Crippen LogP contribution in [0.3, 0.4) is 0 Å². The number of rotatable bonds is 9. The van der Waals surface area contributed by atoms with Crippen LogP contribution in [0.4, 0.5) is 0 Å². The molecule has 0 aromatic carbocycles. The molecule has 16 heavy (non-hydrogen) atoms. The smallest absolute Gasteiger partial charge is 0.112 e. The first kappa shape index (κ1) is 17.4. The van der Waals surface area contributed by atoms with Crippen LogP contribution in [0.15, 0.2) is 37.1 Å². The highest BCUT2D eigenvalue weighted by atomic mass is 16.5. The fourth-order valence-corrected chi connectivity index (χ4v) is 0.994. The van der Waals surface area contributed by atoms with Crippen LogP contribution in [0.5, 0.6) is 0 Å². The summed E-state index contributed by atoms with van der Waals surface area (Å²) in [7, 11) is 0. The number of ether oxygens (including phenoxy) is 1. The van der Waals surface area contributed by atoms with E-state index in [0.29, 0.717) is 12.4 Å². The fourth-order valence-electron chi connectivity index (χ4n) is 0.994. The van der Waals surface area contributed by atoms with Gasteiger partial charge in [0.15, 0.2) is 0 Å². The van der Waals surface area contributed by atoms with E-state index in [1.54, 1.807) is 18.2 Å². The Kier molecular flexibility index (Phi) is 17.8. The lowest BCUT2D eigenvalue weighted by Gasteiger charge is -2.04. The van der Waals surface area contributed by atoms with Crippen molar-refractivity contribution < 1.29 is 9.84 Å². The molecule has 0 amide bonds. The number of aliphatic hydroxyl groups excluding tert-OH is 1. The molecule has 1 N–H and O–H groups in total. The minimum atomic E-state index is 0.287. The van der Waals surface area contributed by atoms with Crippen LogP contribution in [0.25, 0.3) is 0 Å². The van der Waals surface area contributed by atoms with Gasteiger partial charge in [0.1, 0.15) is 5.76 Å². The lowest BCUT2D eigenvalue weighted by molar-refractivity contribution is 0.215. The Morgan fingerprint density at radius 1 is 1.19 bits per heavy atom. The lowest BCUT2D eigenvalue weighted by atomic mass is 10.2. The van der Waals surface area contributed by atoms with Crippen LogP contribution < -0.4 is 0 Å². The van der Waals surface area contributed by atoms with Gasteiger partial charge in [-0.15, -0.1) is 0 Å². The number of hydrogen-bond donors (Lipinski definition) is 1. The summed E-state index contributed by atoms with van der Waals surface area (Å²) in [5.41, 5.74) is 0. The van der Waals surface area contributed by atoms with Crippen molar-refractivity contribution in [3.8, 4) is 0 Å². The first-order chi connectivity index (χ1) is 7.81. The van der Waals surface area contributed by atoms with Crippen LogP contribution >= 0.6 is 0 Å². The van der Waals surface area contributed by atoms with Crippen molar-refractivity contribution in [2.45, 2.75) is 39.5 Å². The van der Waals surface area contributed by atoms with Crippen molar-refractivity contribution in [1.29, 1.82) is 0 Å². The molecule has 0 spiro atoms. The number of allylic oxidation sites excluding steroid dienone is 3. The quantitative estimate of drug-likeness (QED) is 0.368. The molecule has 0 unspecified atom stereocenters. The van der Waals surface area contributed by atoms with Gasteiger partial charge in [0.05, 0.1) is 6.61 Å². The molecule has 0 saturated carbocycles. The molecular weight excluding hydrogens is 200 g/mol. The molecule has 2 nitrogen and oxygen atoms in total. The van der Waals surface area contributed by atoms with Gasteiger partial charge in [-0.1, -0.05) is 45.6 Å². The molecule has 94 valence electrons. The summed E-state index contributed by atoms with van der Waals surface area (Å²) >= 11 is 0. The molecule has 0 radical (unpaired) electrons. The third-order valence-corrected chi connectivity index (χ3v) is 1.76. The highest BCUT2D eigenvalue weighted by Crippen LogP contribution is 2.02. The molecule has 0 aliphatic carbocycles. The summed E-state index contributed by atoms with van der Waals surface area (Å²) in [4.78, 5) is 0. The zero-order chi connectivity index (χ0) is 12.6. The number of hydrogen-bond acceptors (Lipinski definition) is 2. The molecule has 0 aromatic heterocycles. The summed E-state index contributed by atoms with van der Waals surface area (Å²) in [6, 6.07) is 0. The second kappa shape index (κ2) is 16.4. The van der Waals surface area contributed by atoms with Crippen molar-refractivity contribution >= 4 is 0 Å². The van der Waals surface area contributed by atoms with Crippen LogP contribution in [-0.2, 0) is 4.74 Å². The Morgan fingerprint density at radius 2 is 1.81 bits per heavy atom. The normalized spacial score (nSPS) is 9.44. The average Bonchev–Trinajstić information content (AvgIpc) is 2.33. The maximum atomic E-state index is 8.54. The SMILES string of the molecule is C=C/C=C\C(=C)OCCCCCCO.CC. The number of aliphatic hydroxyl groups is 1. The summed E-state index contributed by atoms with van der Waals surface area (Å²) in [6.07, 6.45) is 9.34. The van der Waals surface area contributed by atoms with Crippen molar-refractivity contribution in [2.75, 3.05) is 13.2 Å². The van der Waals surface area contributed by atoms with Gasteiger partial charge in [0.25, 0.3) is 0 Å². The second-order valence-corrected chi connectivity index (χ2v) is 3.05. The molecule has 0 aromatic rings. The van der Waals surface area contributed by atoms with Crippen molar-refractivity contribution in [3.05, 3.63) is 37.1 Å². The monoisotopic (exact) mass is 226 g/mol. The molecule has 0 heterocycles. The standard InChI is InChI=1S/C12H20O2.C2H6/c1-3-4-9-12(2)14-11-8-6-5-7-10-13;1-2/h3-4,9,13H,1-2,5-8,10-11H2;1-2H3/b9-4-;. The average molecular weight is 226 g/mol. The third kappa shape index (κ3) is 15.5.